The molecular formula is C22H23N5O2. The van der Waals surface area contributed by atoms with E-state index in [9.17, 15) is 9.59 Å². The van der Waals surface area contributed by atoms with Gasteiger partial charge in [0.2, 0.25) is 11.9 Å². The fraction of sp³-hybridized carbons (Fsp3) is 0.273. The minimum atomic E-state index is -0.0477. The maximum Gasteiger partial charge on any atom is 0.253 e. The molecule has 7 nitrogen and oxygen atoms in total. The highest BCUT2D eigenvalue weighted by molar-refractivity contribution is 5.96. The molecule has 29 heavy (non-hydrogen) atoms. The average molecular weight is 389 g/mol. The van der Waals surface area contributed by atoms with Crippen molar-refractivity contribution in [1.82, 2.24) is 14.9 Å². The third-order valence-corrected chi connectivity index (χ3v) is 5.03. The van der Waals surface area contributed by atoms with E-state index in [1.54, 1.807) is 37.4 Å². The maximum atomic E-state index is 12.8. The molecule has 2 aromatic carbocycles. The zero-order valence-electron chi connectivity index (χ0n) is 16.3. The lowest BCUT2D eigenvalue weighted by Gasteiger charge is -2.17. The first kappa shape index (κ1) is 18.9. The number of carbonyl (C=O) groups is 2. The van der Waals surface area contributed by atoms with E-state index in [-0.39, 0.29) is 17.9 Å². The predicted octanol–water partition coefficient (Wildman–Crippen LogP) is 3.30. The second-order valence-electron chi connectivity index (χ2n) is 7.11. The second kappa shape index (κ2) is 8.26. The van der Waals surface area contributed by atoms with Crippen molar-refractivity contribution in [2.24, 2.45) is 0 Å². The van der Waals surface area contributed by atoms with Crippen molar-refractivity contribution >= 4 is 34.4 Å². The quantitative estimate of drug-likeness (QED) is 0.699. The molecule has 2 N–H and O–H groups in total. The Hall–Kier alpha value is -3.48. The number of aromatic nitrogens is 2. The van der Waals surface area contributed by atoms with E-state index in [4.69, 9.17) is 0 Å². The van der Waals surface area contributed by atoms with Gasteiger partial charge in [-0.15, -0.1) is 0 Å². The standard InChI is InChI=1S/C22H23N5O2/c1-2-20(28)24-17-9-7-15(8-10-17)21(29)27-12-11-18(14-27)25-22-23-13-16-5-3-4-6-19(16)26-22/h3-10,13,18H,2,11-12,14H2,1H3,(H,24,28)(H,23,25,26)/t18-/m1/s1. The van der Waals surface area contributed by atoms with Crippen molar-refractivity contribution in [3.63, 3.8) is 0 Å². The zero-order valence-corrected chi connectivity index (χ0v) is 16.3. The van der Waals surface area contributed by atoms with Gasteiger partial charge in [-0.1, -0.05) is 25.1 Å². The largest absolute Gasteiger partial charge is 0.350 e. The number of rotatable bonds is 5. The van der Waals surface area contributed by atoms with Crippen molar-refractivity contribution in [2.75, 3.05) is 23.7 Å². The molecule has 0 unspecified atom stereocenters. The van der Waals surface area contributed by atoms with E-state index in [2.05, 4.69) is 20.6 Å². The second-order valence-corrected chi connectivity index (χ2v) is 7.11. The molecule has 1 aromatic heterocycles. The summed E-state index contributed by atoms with van der Waals surface area (Å²) < 4.78 is 0. The first-order valence-corrected chi connectivity index (χ1v) is 9.80. The van der Waals surface area contributed by atoms with Crippen LogP contribution in [0.4, 0.5) is 11.6 Å². The van der Waals surface area contributed by atoms with Gasteiger partial charge in [-0.3, -0.25) is 9.59 Å². The van der Waals surface area contributed by atoms with Gasteiger partial charge in [0.25, 0.3) is 5.91 Å². The fourth-order valence-corrected chi connectivity index (χ4v) is 3.41. The molecule has 1 aliphatic rings. The van der Waals surface area contributed by atoms with Crippen LogP contribution in [0.5, 0.6) is 0 Å². The van der Waals surface area contributed by atoms with Gasteiger partial charge in [-0.25, -0.2) is 9.97 Å². The SMILES string of the molecule is CCC(=O)Nc1ccc(C(=O)N2CC[C@@H](Nc3ncc4ccccc4n3)C2)cc1. The normalized spacial score (nSPS) is 16.0. The highest BCUT2D eigenvalue weighted by Gasteiger charge is 2.27. The topological polar surface area (TPSA) is 87.2 Å². The van der Waals surface area contributed by atoms with Gasteiger partial charge < -0.3 is 15.5 Å². The van der Waals surface area contributed by atoms with Crippen molar-refractivity contribution < 1.29 is 9.59 Å². The molecule has 3 aromatic rings. The molecule has 0 aliphatic carbocycles. The molecule has 1 saturated heterocycles. The zero-order chi connectivity index (χ0) is 20.2. The van der Waals surface area contributed by atoms with E-state index >= 15 is 0 Å². The Bertz CT molecular complexity index is 1030. The summed E-state index contributed by atoms with van der Waals surface area (Å²) in [4.78, 5) is 35.0. The number of likely N-dealkylation sites (tertiary alicyclic amines) is 1. The third-order valence-electron chi connectivity index (χ3n) is 5.03. The van der Waals surface area contributed by atoms with Crippen LogP contribution in [-0.2, 0) is 4.79 Å². The van der Waals surface area contributed by atoms with Gasteiger partial charge in [-0.2, -0.15) is 0 Å². The van der Waals surface area contributed by atoms with Gasteiger partial charge in [0.15, 0.2) is 0 Å². The van der Waals surface area contributed by atoms with Crippen LogP contribution in [-0.4, -0.2) is 45.8 Å². The number of anilines is 2. The predicted molar refractivity (Wildman–Crippen MR) is 113 cm³/mol. The monoisotopic (exact) mass is 389 g/mol. The summed E-state index contributed by atoms with van der Waals surface area (Å²) in [6.45, 7) is 3.08. The summed E-state index contributed by atoms with van der Waals surface area (Å²) >= 11 is 0. The molecule has 1 atom stereocenters. The number of fused-ring (bicyclic) bond motifs is 1. The molecule has 1 fully saturated rings. The molecule has 1 aliphatic heterocycles. The van der Waals surface area contributed by atoms with Gasteiger partial charge in [0, 0.05) is 48.4 Å². The van der Waals surface area contributed by atoms with Crippen LogP contribution >= 0.6 is 0 Å². The Labute approximate surface area is 169 Å². The van der Waals surface area contributed by atoms with Crippen molar-refractivity contribution in [1.29, 1.82) is 0 Å². The van der Waals surface area contributed by atoms with Crippen LogP contribution < -0.4 is 10.6 Å². The molecule has 2 amide bonds. The summed E-state index contributed by atoms with van der Waals surface area (Å²) in [6, 6.07) is 15.0. The van der Waals surface area contributed by atoms with Gasteiger partial charge in [0.05, 0.1) is 5.52 Å². The Balaban J connectivity index is 1.37. The number of hydrogen-bond acceptors (Lipinski definition) is 5. The van der Waals surface area contributed by atoms with Gasteiger partial charge in [-0.05, 0) is 36.8 Å². The molecule has 4 rings (SSSR count). The Morgan fingerprint density at radius 3 is 2.72 bits per heavy atom. The van der Waals surface area contributed by atoms with Crippen molar-refractivity contribution in [2.45, 2.75) is 25.8 Å². The highest BCUT2D eigenvalue weighted by atomic mass is 16.2. The van der Waals surface area contributed by atoms with Crippen LogP contribution in [0.1, 0.15) is 30.1 Å². The maximum absolute atomic E-state index is 12.8. The summed E-state index contributed by atoms with van der Waals surface area (Å²) in [5, 5.41) is 7.13. The van der Waals surface area contributed by atoms with Gasteiger partial charge >= 0.3 is 0 Å². The van der Waals surface area contributed by atoms with E-state index in [0.717, 1.165) is 17.3 Å². The summed E-state index contributed by atoms with van der Waals surface area (Å²) in [6.07, 6.45) is 3.07. The minimum absolute atomic E-state index is 0.0119. The van der Waals surface area contributed by atoms with E-state index in [1.165, 1.54) is 0 Å². The molecule has 0 radical (unpaired) electrons. The molecular weight excluding hydrogens is 366 g/mol. The number of para-hydroxylation sites is 1. The van der Waals surface area contributed by atoms with Gasteiger partial charge in [0.1, 0.15) is 0 Å². The first-order chi connectivity index (χ1) is 14.1. The molecule has 2 heterocycles. The van der Waals surface area contributed by atoms with E-state index in [0.29, 0.717) is 36.7 Å². The number of benzene rings is 2. The lowest BCUT2D eigenvalue weighted by Crippen LogP contribution is -2.31. The van der Waals surface area contributed by atoms with Crippen LogP contribution in [0, 0.1) is 0 Å². The number of nitrogens with zero attached hydrogens (tertiary/aromatic N) is 3. The molecule has 0 saturated carbocycles. The van der Waals surface area contributed by atoms with Crippen LogP contribution in [0.25, 0.3) is 10.9 Å². The lowest BCUT2D eigenvalue weighted by molar-refractivity contribution is -0.115. The number of amides is 2. The first-order valence-electron chi connectivity index (χ1n) is 9.80. The minimum Gasteiger partial charge on any atom is -0.350 e. The molecule has 7 heteroatoms. The molecule has 0 spiro atoms. The third kappa shape index (κ3) is 4.34. The van der Waals surface area contributed by atoms with Crippen LogP contribution in [0.3, 0.4) is 0 Å². The van der Waals surface area contributed by atoms with E-state index in [1.807, 2.05) is 29.2 Å². The van der Waals surface area contributed by atoms with Crippen LogP contribution in [0.2, 0.25) is 0 Å². The highest BCUT2D eigenvalue weighted by Crippen LogP contribution is 2.19. The summed E-state index contributed by atoms with van der Waals surface area (Å²) in [7, 11) is 0. The lowest BCUT2D eigenvalue weighted by atomic mass is 10.2. The smallest absolute Gasteiger partial charge is 0.253 e. The Kier molecular flexibility index (Phi) is 5.37. The number of nitrogens with one attached hydrogen (secondary N) is 2. The Morgan fingerprint density at radius 1 is 1.14 bits per heavy atom. The number of carbonyl (C=O) groups excluding carboxylic acids is 2. The number of hydrogen-bond donors (Lipinski definition) is 2. The molecule has 0 bridgehead atoms. The molecule has 148 valence electrons. The van der Waals surface area contributed by atoms with Crippen molar-refractivity contribution in [3.8, 4) is 0 Å². The average Bonchev–Trinajstić information content (AvgIpc) is 3.22. The fourth-order valence-electron chi connectivity index (χ4n) is 3.41. The Morgan fingerprint density at radius 2 is 1.93 bits per heavy atom. The summed E-state index contributed by atoms with van der Waals surface area (Å²) in [5.74, 6) is 0.523. The van der Waals surface area contributed by atoms with E-state index < -0.39 is 0 Å². The summed E-state index contributed by atoms with van der Waals surface area (Å²) in [5.41, 5.74) is 2.20. The van der Waals surface area contributed by atoms with Crippen LogP contribution in [0.15, 0.2) is 54.7 Å². The van der Waals surface area contributed by atoms with Crippen molar-refractivity contribution in [3.05, 3.63) is 60.3 Å².